The van der Waals surface area contributed by atoms with Gasteiger partial charge >= 0.3 is 5.97 Å². The largest absolute Gasteiger partial charge is 0.481 e. The monoisotopic (exact) mass is 521 g/mol. The maximum absolute atomic E-state index is 13.7. The summed E-state index contributed by atoms with van der Waals surface area (Å²) in [5.41, 5.74) is 0.151. The molecule has 196 valence electrons. The van der Waals surface area contributed by atoms with Crippen molar-refractivity contribution in [1.82, 2.24) is 20.2 Å². The normalized spacial score (nSPS) is 18.0. The minimum absolute atomic E-state index is 0. The number of amides is 1. The molecule has 11 heteroatoms. The molecule has 0 bridgehead atoms. The molecular weight excluding hydrogens is 481 g/mol. The first-order valence-electron chi connectivity index (χ1n) is 11.4. The second-order valence-corrected chi connectivity index (χ2v) is 9.91. The maximum atomic E-state index is 13.7. The number of hydrogen-bond donors (Lipinski definition) is 3. The Morgan fingerprint density at radius 3 is 2.53 bits per heavy atom. The van der Waals surface area contributed by atoms with E-state index < -0.39 is 11.9 Å². The highest BCUT2D eigenvalue weighted by atomic mass is 35.5. The molecule has 0 aromatic carbocycles. The first-order chi connectivity index (χ1) is 15.0. The van der Waals surface area contributed by atoms with Gasteiger partial charge in [-0.15, -0.1) is 24.8 Å². The van der Waals surface area contributed by atoms with Crippen LogP contribution in [-0.4, -0.2) is 77.8 Å². The molecule has 0 saturated carbocycles. The van der Waals surface area contributed by atoms with Gasteiger partial charge in [-0.25, -0.2) is 9.97 Å². The smallest absolute Gasteiger partial charge is 0.307 e. The summed E-state index contributed by atoms with van der Waals surface area (Å²) >= 11 is 0. The van der Waals surface area contributed by atoms with E-state index in [2.05, 4.69) is 15.6 Å². The van der Waals surface area contributed by atoms with E-state index in [1.54, 1.807) is 18.2 Å². The first-order valence-corrected chi connectivity index (χ1v) is 11.4. The number of piperidine rings is 1. The Hall–Kier alpha value is -1.68. The van der Waals surface area contributed by atoms with Crippen molar-refractivity contribution in [2.45, 2.75) is 58.9 Å². The average molecular weight is 523 g/mol. The molecule has 2 rings (SSSR count). The van der Waals surface area contributed by atoms with E-state index >= 15 is 0 Å². The Morgan fingerprint density at radius 2 is 1.97 bits per heavy atom. The predicted molar refractivity (Wildman–Crippen MR) is 138 cm³/mol. The van der Waals surface area contributed by atoms with Crippen LogP contribution in [-0.2, 0) is 14.9 Å². The highest BCUT2D eigenvalue weighted by Crippen LogP contribution is 2.25. The summed E-state index contributed by atoms with van der Waals surface area (Å²) in [6, 6.07) is -0.205. The van der Waals surface area contributed by atoms with Gasteiger partial charge < -0.3 is 25.4 Å². The van der Waals surface area contributed by atoms with Crippen LogP contribution in [0.5, 0.6) is 0 Å². The molecule has 1 saturated heterocycles. The number of halogens is 2. The number of nitrogens with zero attached hydrogens (tertiary/aromatic N) is 3. The lowest BCUT2D eigenvalue weighted by Gasteiger charge is -2.38. The lowest BCUT2D eigenvalue weighted by atomic mass is 9.93. The van der Waals surface area contributed by atoms with Crippen molar-refractivity contribution < 1.29 is 19.4 Å². The number of methoxy groups -OCH3 is 1. The number of carbonyl (C=O) groups excluding carboxylic acids is 1. The molecule has 34 heavy (non-hydrogen) atoms. The zero-order valence-corrected chi connectivity index (χ0v) is 22.7. The molecular formula is C23H41Cl2N5O4. The van der Waals surface area contributed by atoms with E-state index in [1.165, 1.54) is 0 Å². The van der Waals surface area contributed by atoms with Crippen molar-refractivity contribution in [3.63, 3.8) is 0 Å². The van der Waals surface area contributed by atoms with Gasteiger partial charge in [-0.05, 0) is 18.8 Å². The van der Waals surface area contributed by atoms with Crippen LogP contribution in [0.1, 0.15) is 63.6 Å². The molecule has 1 aromatic heterocycles. The number of carboxylic acid groups (broad SMARTS) is 1. The zero-order chi connectivity index (χ0) is 23.9. The number of aromatic nitrogens is 2. The number of hydrogen-bond acceptors (Lipinski definition) is 7. The van der Waals surface area contributed by atoms with Crippen LogP contribution in [0, 0.1) is 11.8 Å². The number of ether oxygens (including phenoxy) is 1. The number of nitrogens with one attached hydrogen (secondary N) is 2. The van der Waals surface area contributed by atoms with E-state index in [0.29, 0.717) is 56.4 Å². The van der Waals surface area contributed by atoms with E-state index in [9.17, 15) is 14.7 Å². The van der Waals surface area contributed by atoms with Crippen molar-refractivity contribution in [2.24, 2.45) is 11.8 Å². The van der Waals surface area contributed by atoms with Gasteiger partial charge in [-0.3, -0.25) is 9.59 Å². The van der Waals surface area contributed by atoms with Crippen LogP contribution in [0.2, 0.25) is 0 Å². The summed E-state index contributed by atoms with van der Waals surface area (Å²) in [6.07, 6.45) is 2.81. The Bertz CT molecular complexity index is 789. The second kappa shape index (κ2) is 14.7. The molecule has 2 heterocycles. The highest BCUT2D eigenvalue weighted by molar-refractivity contribution is 5.98. The third-order valence-electron chi connectivity index (χ3n) is 5.45. The number of aliphatic carboxylic acids is 1. The Kier molecular flexibility index (Phi) is 13.9. The van der Waals surface area contributed by atoms with Gasteiger partial charge in [-0.2, -0.15) is 0 Å². The van der Waals surface area contributed by atoms with Crippen molar-refractivity contribution in [3.05, 3.63) is 17.6 Å². The van der Waals surface area contributed by atoms with Gasteiger partial charge in [0.25, 0.3) is 5.91 Å². The Labute approximate surface area is 215 Å². The molecule has 1 fully saturated rings. The summed E-state index contributed by atoms with van der Waals surface area (Å²) < 4.78 is 5.12. The highest BCUT2D eigenvalue weighted by Gasteiger charge is 2.34. The lowest BCUT2D eigenvalue weighted by Crippen LogP contribution is -2.53. The van der Waals surface area contributed by atoms with Crippen molar-refractivity contribution in [2.75, 3.05) is 45.2 Å². The Morgan fingerprint density at radius 1 is 1.29 bits per heavy atom. The van der Waals surface area contributed by atoms with Crippen LogP contribution in [0.25, 0.3) is 0 Å². The molecule has 0 aliphatic carbocycles. The van der Waals surface area contributed by atoms with Gasteiger partial charge in [0, 0.05) is 57.5 Å². The summed E-state index contributed by atoms with van der Waals surface area (Å²) in [4.78, 5) is 36.3. The van der Waals surface area contributed by atoms with Gasteiger partial charge in [0.2, 0.25) is 0 Å². The standard InChI is InChI=1S/C23H39N5O4.2ClH/c1-15(2)14-28(17-10-16(21(30)31)11-24-12-17)20(29)18-13-26-22(23(3,4)5)27-19(18)25-8-7-9-32-6;;/h13,15-17,24H,7-12,14H2,1-6H3,(H,30,31)(H,25,26,27);2*1H/t16-,17+;;/m1../s1. The second-order valence-electron chi connectivity index (χ2n) is 9.91. The zero-order valence-electron chi connectivity index (χ0n) is 21.1. The molecule has 0 spiro atoms. The predicted octanol–water partition coefficient (Wildman–Crippen LogP) is 3.23. The minimum atomic E-state index is -0.836. The number of carboxylic acids is 1. The third kappa shape index (κ3) is 9.17. The molecule has 0 radical (unpaired) electrons. The molecule has 0 unspecified atom stereocenters. The van der Waals surface area contributed by atoms with Crippen molar-refractivity contribution in [3.8, 4) is 0 Å². The first kappa shape index (κ1) is 32.3. The van der Waals surface area contributed by atoms with Gasteiger partial charge in [0.1, 0.15) is 17.2 Å². The topological polar surface area (TPSA) is 117 Å². The number of rotatable bonds is 10. The molecule has 1 aliphatic heterocycles. The lowest BCUT2D eigenvalue weighted by molar-refractivity contribution is -0.142. The van der Waals surface area contributed by atoms with Crippen LogP contribution in [0.3, 0.4) is 0 Å². The molecule has 1 amide bonds. The summed E-state index contributed by atoms with van der Waals surface area (Å²) in [7, 11) is 1.66. The molecule has 1 aliphatic rings. The SMILES string of the molecule is COCCCNc1nc(C(C)(C)C)ncc1C(=O)N(CC(C)C)[C@@H]1CNC[C@H](C(=O)O)C1.Cl.Cl. The molecule has 1 aromatic rings. The van der Waals surface area contributed by atoms with Crippen LogP contribution in [0.15, 0.2) is 6.20 Å². The summed E-state index contributed by atoms with van der Waals surface area (Å²) in [5.74, 6) is -0.120. The van der Waals surface area contributed by atoms with E-state index in [-0.39, 0.29) is 48.1 Å². The van der Waals surface area contributed by atoms with Gasteiger partial charge in [0.15, 0.2) is 0 Å². The maximum Gasteiger partial charge on any atom is 0.307 e. The van der Waals surface area contributed by atoms with E-state index in [0.717, 1.165) is 6.42 Å². The molecule has 9 nitrogen and oxygen atoms in total. The summed E-state index contributed by atoms with van der Waals surface area (Å²) in [5, 5.41) is 16.0. The minimum Gasteiger partial charge on any atom is -0.481 e. The van der Waals surface area contributed by atoms with Crippen molar-refractivity contribution in [1.29, 1.82) is 0 Å². The molecule has 3 N–H and O–H groups in total. The van der Waals surface area contributed by atoms with E-state index in [4.69, 9.17) is 9.72 Å². The fraction of sp³-hybridized carbons (Fsp3) is 0.739. The van der Waals surface area contributed by atoms with E-state index in [1.807, 2.05) is 34.6 Å². The third-order valence-corrected chi connectivity index (χ3v) is 5.45. The van der Waals surface area contributed by atoms with Gasteiger partial charge in [0.05, 0.1) is 5.92 Å². The van der Waals surface area contributed by atoms with Crippen molar-refractivity contribution >= 4 is 42.5 Å². The summed E-state index contributed by atoms with van der Waals surface area (Å²) in [6.45, 7) is 12.9. The van der Waals surface area contributed by atoms with Crippen LogP contribution < -0.4 is 10.6 Å². The molecule has 2 atom stereocenters. The van der Waals surface area contributed by atoms with Crippen LogP contribution >= 0.6 is 24.8 Å². The number of carbonyl (C=O) groups is 2. The van der Waals surface area contributed by atoms with Crippen LogP contribution in [0.4, 0.5) is 5.82 Å². The Balaban J connectivity index is 0.00000544. The van der Waals surface area contributed by atoms with Gasteiger partial charge in [-0.1, -0.05) is 34.6 Å². The number of anilines is 1. The average Bonchev–Trinajstić information content (AvgIpc) is 2.73. The fourth-order valence-corrected chi connectivity index (χ4v) is 3.75. The quantitative estimate of drug-likeness (QED) is 0.401. The fourth-order valence-electron chi connectivity index (χ4n) is 3.75.